The molecule has 1 aromatic rings. The fraction of sp³-hybridized carbons (Fsp3) is 0.222. The smallest absolute Gasteiger partial charge is 0.320 e. The van der Waals surface area contributed by atoms with E-state index in [9.17, 15) is 4.79 Å². The van der Waals surface area contributed by atoms with Crippen molar-refractivity contribution >= 4 is 5.97 Å². The van der Waals surface area contributed by atoms with Crippen LogP contribution in [0.5, 0.6) is 0 Å². The first-order valence-electron chi connectivity index (χ1n) is 3.72. The molecular weight excluding hydrogens is 202 g/mol. The van der Waals surface area contributed by atoms with Gasteiger partial charge in [-0.25, -0.2) is 0 Å². The normalized spacial score (nSPS) is 11.5. The molecule has 0 saturated heterocycles. The van der Waals surface area contributed by atoms with Crippen molar-refractivity contribution < 1.29 is 31.6 Å². The second kappa shape index (κ2) is 5.92. The van der Waals surface area contributed by atoms with Crippen molar-refractivity contribution in [1.82, 2.24) is 0 Å². The van der Waals surface area contributed by atoms with E-state index in [2.05, 4.69) is 0 Å². The molecule has 4 heteroatoms. The minimum Gasteiger partial charge on any atom is -0.480 e. The summed E-state index contributed by atoms with van der Waals surface area (Å²) >= 11 is 0. The van der Waals surface area contributed by atoms with E-state index in [1.807, 2.05) is 30.3 Å². The van der Waals surface area contributed by atoms with Crippen LogP contribution in [0.3, 0.4) is 0 Å². The molecule has 0 aromatic heterocycles. The third kappa shape index (κ3) is 4.22. The van der Waals surface area contributed by atoms with Crippen molar-refractivity contribution in [3.63, 3.8) is 0 Å². The molecule has 1 rings (SSSR count). The summed E-state index contributed by atoms with van der Waals surface area (Å²) in [6.07, 6.45) is 0.385. The zero-order valence-corrected chi connectivity index (χ0v) is 8.67. The Morgan fingerprint density at radius 2 is 1.92 bits per heavy atom. The van der Waals surface area contributed by atoms with Gasteiger partial charge in [0.2, 0.25) is 0 Å². The first-order valence-corrected chi connectivity index (χ1v) is 3.72. The van der Waals surface area contributed by atoms with Gasteiger partial charge < -0.3 is 10.8 Å². The van der Waals surface area contributed by atoms with Crippen LogP contribution in [0.4, 0.5) is 0 Å². The number of benzene rings is 1. The Morgan fingerprint density at radius 3 is 2.38 bits per heavy atom. The van der Waals surface area contributed by atoms with E-state index in [0.29, 0.717) is 6.42 Å². The van der Waals surface area contributed by atoms with E-state index in [-0.39, 0.29) is 21.7 Å². The average molecular weight is 213 g/mol. The van der Waals surface area contributed by atoms with Crippen molar-refractivity contribution in [1.29, 1.82) is 0 Å². The van der Waals surface area contributed by atoms with Crippen molar-refractivity contribution in [2.75, 3.05) is 0 Å². The number of aliphatic carboxylic acids is 1. The van der Waals surface area contributed by atoms with Gasteiger partial charge in [0.25, 0.3) is 0 Å². The molecule has 0 spiro atoms. The maximum absolute atomic E-state index is 10.4. The molecule has 68 valence electrons. The summed E-state index contributed by atoms with van der Waals surface area (Å²) in [7, 11) is 0. The number of hydrogen-bond donors (Lipinski definition) is 2. The Balaban J connectivity index is 0.00000144. The van der Waals surface area contributed by atoms with Crippen LogP contribution in [0.1, 0.15) is 5.56 Å². The SMILES string of the molecule is NC(Cc1ccccc1)C(=O)O.[Ti]. The Hall–Kier alpha value is -0.636. The molecule has 0 bridgehead atoms. The fourth-order valence-electron chi connectivity index (χ4n) is 0.955. The van der Waals surface area contributed by atoms with Crippen LogP contribution in [-0.4, -0.2) is 17.1 Å². The molecule has 0 aliphatic carbocycles. The van der Waals surface area contributed by atoms with Crippen molar-refractivity contribution in [3.05, 3.63) is 35.9 Å². The van der Waals surface area contributed by atoms with Crippen LogP contribution < -0.4 is 5.73 Å². The molecule has 3 nitrogen and oxygen atoms in total. The van der Waals surface area contributed by atoms with Gasteiger partial charge in [0.1, 0.15) is 6.04 Å². The van der Waals surface area contributed by atoms with E-state index in [4.69, 9.17) is 10.8 Å². The van der Waals surface area contributed by atoms with Gasteiger partial charge in [0.05, 0.1) is 0 Å². The summed E-state index contributed by atoms with van der Waals surface area (Å²) in [6.45, 7) is 0. The summed E-state index contributed by atoms with van der Waals surface area (Å²) in [5.41, 5.74) is 6.30. The molecule has 0 aliphatic heterocycles. The van der Waals surface area contributed by atoms with Crippen LogP contribution in [0.25, 0.3) is 0 Å². The van der Waals surface area contributed by atoms with Gasteiger partial charge in [0, 0.05) is 21.7 Å². The summed E-state index contributed by atoms with van der Waals surface area (Å²) in [6, 6.07) is 8.54. The molecule has 0 heterocycles. The molecule has 0 amide bonds. The van der Waals surface area contributed by atoms with Gasteiger partial charge in [-0.15, -0.1) is 0 Å². The minimum atomic E-state index is -0.959. The van der Waals surface area contributed by atoms with Crippen LogP contribution in [0, 0.1) is 0 Å². The molecule has 13 heavy (non-hydrogen) atoms. The van der Waals surface area contributed by atoms with E-state index in [1.54, 1.807) is 0 Å². The summed E-state index contributed by atoms with van der Waals surface area (Å²) in [5, 5.41) is 8.52. The summed E-state index contributed by atoms with van der Waals surface area (Å²) in [5.74, 6) is -0.959. The summed E-state index contributed by atoms with van der Waals surface area (Å²) in [4.78, 5) is 10.4. The molecule has 1 aromatic carbocycles. The minimum absolute atomic E-state index is 0. The third-order valence-electron chi connectivity index (χ3n) is 1.62. The van der Waals surface area contributed by atoms with Crippen molar-refractivity contribution in [2.24, 2.45) is 5.73 Å². The monoisotopic (exact) mass is 213 g/mol. The summed E-state index contributed by atoms with van der Waals surface area (Å²) < 4.78 is 0. The predicted molar refractivity (Wildman–Crippen MR) is 45.8 cm³/mol. The van der Waals surface area contributed by atoms with Gasteiger partial charge in [-0.3, -0.25) is 4.79 Å². The number of hydrogen-bond acceptors (Lipinski definition) is 2. The van der Waals surface area contributed by atoms with Gasteiger partial charge in [-0.2, -0.15) is 0 Å². The number of carboxylic acid groups (broad SMARTS) is 1. The van der Waals surface area contributed by atoms with E-state index >= 15 is 0 Å². The molecular formula is C9H11NO2Ti. The van der Waals surface area contributed by atoms with Gasteiger partial charge >= 0.3 is 5.97 Å². The Labute approximate surface area is 91.8 Å². The van der Waals surface area contributed by atoms with E-state index in [1.165, 1.54) is 0 Å². The number of carbonyl (C=O) groups is 1. The van der Waals surface area contributed by atoms with Gasteiger partial charge in [0.15, 0.2) is 0 Å². The Bertz CT molecular complexity index is 264. The van der Waals surface area contributed by atoms with Gasteiger partial charge in [-0.1, -0.05) is 30.3 Å². The van der Waals surface area contributed by atoms with Crippen LogP contribution in [0.2, 0.25) is 0 Å². The first-order chi connectivity index (χ1) is 5.70. The molecule has 0 fully saturated rings. The average Bonchev–Trinajstić information content (AvgIpc) is 2.06. The van der Waals surface area contributed by atoms with E-state index < -0.39 is 12.0 Å². The maximum Gasteiger partial charge on any atom is 0.320 e. The van der Waals surface area contributed by atoms with Crippen molar-refractivity contribution in [3.8, 4) is 0 Å². The number of nitrogens with two attached hydrogens (primary N) is 1. The van der Waals surface area contributed by atoms with Gasteiger partial charge in [-0.05, 0) is 12.0 Å². The number of carboxylic acids is 1. The molecule has 1 atom stereocenters. The first kappa shape index (κ1) is 12.4. The second-order valence-corrected chi connectivity index (χ2v) is 2.63. The molecule has 0 aliphatic rings. The molecule has 3 N–H and O–H groups in total. The Kier molecular flexibility index (Phi) is 5.63. The molecule has 0 saturated carbocycles. The fourth-order valence-corrected chi connectivity index (χ4v) is 0.955. The third-order valence-corrected chi connectivity index (χ3v) is 1.62. The predicted octanol–water partition coefficient (Wildman–Crippen LogP) is 0.639. The van der Waals surface area contributed by atoms with Crippen LogP contribution >= 0.6 is 0 Å². The number of rotatable bonds is 3. The Morgan fingerprint density at radius 1 is 1.38 bits per heavy atom. The topological polar surface area (TPSA) is 63.3 Å². The second-order valence-electron chi connectivity index (χ2n) is 2.63. The standard InChI is InChI=1S/C9H11NO2.Ti/c10-8(9(11)12)6-7-4-2-1-3-5-7;/h1-5,8H,6,10H2,(H,11,12);. The zero-order valence-electron chi connectivity index (χ0n) is 7.10. The molecule has 1 unspecified atom stereocenters. The largest absolute Gasteiger partial charge is 0.480 e. The van der Waals surface area contributed by atoms with E-state index in [0.717, 1.165) is 5.56 Å². The molecule has 0 radical (unpaired) electrons. The van der Waals surface area contributed by atoms with Crippen molar-refractivity contribution in [2.45, 2.75) is 12.5 Å². The van der Waals surface area contributed by atoms with Crippen LogP contribution in [0.15, 0.2) is 30.3 Å². The zero-order chi connectivity index (χ0) is 8.97. The van der Waals surface area contributed by atoms with Crippen LogP contribution in [-0.2, 0) is 32.9 Å². The quantitative estimate of drug-likeness (QED) is 0.724. The maximum atomic E-state index is 10.4.